The third-order valence-corrected chi connectivity index (χ3v) is 3.87. The summed E-state index contributed by atoms with van der Waals surface area (Å²) in [5.41, 5.74) is 0.211. The summed E-state index contributed by atoms with van der Waals surface area (Å²) < 4.78 is 0. The number of hydrogen-bond acceptors (Lipinski definition) is 2. The van der Waals surface area contributed by atoms with Gasteiger partial charge in [-0.15, -0.1) is 0 Å². The van der Waals surface area contributed by atoms with Crippen LogP contribution in [0.4, 0.5) is 0 Å². The highest BCUT2D eigenvalue weighted by molar-refractivity contribution is 6.34. The zero-order valence-electron chi connectivity index (χ0n) is 11.3. The van der Waals surface area contributed by atoms with Gasteiger partial charge in [-0.2, -0.15) is 0 Å². The Morgan fingerprint density at radius 2 is 2.05 bits per heavy atom. The average molecular weight is 284 g/mol. The van der Waals surface area contributed by atoms with E-state index in [1.165, 1.54) is 0 Å². The Kier molecular flexibility index (Phi) is 4.95. The van der Waals surface area contributed by atoms with Crippen LogP contribution in [0.1, 0.15) is 36.2 Å². The minimum atomic E-state index is -0.966. The molecule has 0 saturated carbocycles. The number of carbonyl (C=O) groups excluding carboxylic acids is 1. The van der Waals surface area contributed by atoms with E-state index in [9.17, 15) is 9.59 Å². The Balaban J connectivity index is 2.81. The van der Waals surface area contributed by atoms with Crippen LogP contribution in [-0.4, -0.2) is 23.5 Å². The molecule has 1 atom stereocenters. The van der Waals surface area contributed by atoms with Crippen molar-refractivity contribution in [2.75, 3.05) is 6.54 Å². The molecule has 104 valence electrons. The van der Waals surface area contributed by atoms with E-state index < -0.39 is 11.4 Å². The molecule has 0 aliphatic rings. The SMILES string of the molecule is CCC(C)(CNC(=O)c1cccc(C)c1Cl)C(=O)O. The van der Waals surface area contributed by atoms with Crippen molar-refractivity contribution >= 4 is 23.5 Å². The van der Waals surface area contributed by atoms with Crippen LogP contribution in [0.2, 0.25) is 5.02 Å². The Labute approximate surface area is 117 Å². The molecule has 0 heterocycles. The summed E-state index contributed by atoms with van der Waals surface area (Å²) in [6, 6.07) is 5.17. The maximum Gasteiger partial charge on any atom is 0.311 e. The van der Waals surface area contributed by atoms with Crippen LogP contribution in [0.15, 0.2) is 18.2 Å². The molecule has 1 aromatic rings. The molecule has 0 aromatic heterocycles. The van der Waals surface area contributed by atoms with Crippen molar-refractivity contribution in [3.63, 3.8) is 0 Å². The van der Waals surface area contributed by atoms with Crippen LogP contribution in [0.25, 0.3) is 0 Å². The molecule has 1 amide bonds. The Morgan fingerprint density at radius 3 is 2.58 bits per heavy atom. The zero-order chi connectivity index (χ0) is 14.6. The van der Waals surface area contributed by atoms with Crippen LogP contribution >= 0.6 is 11.6 Å². The van der Waals surface area contributed by atoms with E-state index in [0.29, 0.717) is 17.0 Å². The summed E-state index contributed by atoms with van der Waals surface area (Å²) in [7, 11) is 0. The maximum absolute atomic E-state index is 12.0. The second-order valence-corrected chi connectivity index (χ2v) is 5.22. The lowest BCUT2D eigenvalue weighted by Crippen LogP contribution is -2.40. The molecule has 5 heteroatoms. The Hall–Kier alpha value is -1.55. The fourth-order valence-electron chi connectivity index (χ4n) is 1.55. The van der Waals surface area contributed by atoms with Gasteiger partial charge in [-0.05, 0) is 31.9 Å². The van der Waals surface area contributed by atoms with Gasteiger partial charge < -0.3 is 10.4 Å². The third-order valence-electron chi connectivity index (χ3n) is 3.37. The number of carbonyl (C=O) groups is 2. The van der Waals surface area contributed by atoms with E-state index in [0.717, 1.165) is 5.56 Å². The second-order valence-electron chi connectivity index (χ2n) is 4.84. The van der Waals surface area contributed by atoms with Crippen molar-refractivity contribution in [1.82, 2.24) is 5.32 Å². The monoisotopic (exact) mass is 283 g/mol. The average Bonchev–Trinajstić information content (AvgIpc) is 2.38. The van der Waals surface area contributed by atoms with Crippen molar-refractivity contribution in [1.29, 1.82) is 0 Å². The van der Waals surface area contributed by atoms with E-state index in [1.54, 1.807) is 26.0 Å². The molecule has 0 aliphatic carbocycles. The van der Waals surface area contributed by atoms with E-state index in [1.807, 2.05) is 13.0 Å². The van der Waals surface area contributed by atoms with Gasteiger partial charge in [0.25, 0.3) is 5.91 Å². The summed E-state index contributed by atoms with van der Waals surface area (Å²) in [4.78, 5) is 23.2. The molecule has 1 rings (SSSR count). The van der Waals surface area contributed by atoms with Gasteiger partial charge in [-0.3, -0.25) is 9.59 Å². The highest BCUT2D eigenvalue weighted by Gasteiger charge is 2.31. The van der Waals surface area contributed by atoms with Gasteiger partial charge in [0, 0.05) is 6.54 Å². The second kappa shape index (κ2) is 6.06. The normalized spacial score (nSPS) is 13.7. The van der Waals surface area contributed by atoms with Crippen molar-refractivity contribution in [3.05, 3.63) is 34.3 Å². The summed E-state index contributed by atoms with van der Waals surface area (Å²) >= 11 is 6.06. The Bertz CT molecular complexity index is 501. The number of rotatable bonds is 5. The van der Waals surface area contributed by atoms with Crippen LogP contribution in [-0.2, 0) is 4.79 Å². The zero-order valence-corrected chi connectivity index (χ0v) is 12.0. The maximum atomic E-state index is 12.0. The van der Waals surface area contributed by atoms with Crippen molar-refractivity contribution < 1.29 is 14.7 Å². The number of amides is 1. The molecule has 1 unspecified atom stereocenters. The van der Waals surface area contributed by atoms with E-state index >= 15 is 0 Å². The third kappa shape index (κ3) is 3.47. The highest BCUT2D eigenvalue weighted by Crippen LogP contribution is 2.22. The van der Waals surface area contributed by atoms with Gasteiger partial charge in [-0.1, -0.05) is 30.7 Å². The van der Waals surface area contributed by atoms with Crippen molar-refractivity contribution in [3.8, 4) is 0 Å². The van der Waals surface area contributed by atoms with Gasteiger partial charge in [0.05, 0.1) is 16.0 Å². The standard InChI is InChI=1S/C14H18ClNO3/c1-4-14(3,13(18)19)8-16-12(17)10-7-5-6-9(2)11(10)15/h5-7H,4,8H2,1-3H3,(H,16,17)(H,18,19). The predicted octanol–water partition coefficient (Wildman–Crippen LogP) is 2.88. The molecule has 0 radical (unpaired) electrons. The summed E-state index contributed by atoms with van der Waals surface area (Å²) in [6.45, 7) is 5.27. The summed E-state index contributed by atoms with van der Waals surface area (Å²) in [5, 5.41) is 12.2. The fourth-order valence-corrected chi connectivity index (χ4v) is 1.76. The minimum Gasteiger partial charge on any atom is -0.481 e. The first kappa shape index (κ1) is 15.5. The van der Waals surface area contributed by atoms with Crippen LogP contribution in [0.3, 0.4) is 0 Å². The van der Waals surface area contributed by atoms with Crippen LogP contribution in [0, 0.1) is 12.3 Å². The molecular weight excluding hydrogens is 266 g/mol. The lowest BCUT2D eigenvalue weighted by Gasteiger charge is -2.23. The lowest BCUT2D eigenvalue weighted by molar-refractivity contribution is -0.147. The Morgan fingerprint density at radius 1 is 1.42 bits per heavy atom. The number of nitrogens with one attached hydrogen (secondary N) is 1. The van der Waals surface area contributed by atoms with E-state index in [2.05, 4.69) is 5.32 Å². The predicted molar refractivity (Wildman–Crippen MR) is 74.6 cm³/mol. The molecule has 4 nitrogen and oxygen atoms in total. The minimum absolute atomic E-state index is 0.0714. The number of carboxylic acid groups (broad SMARTS) is 1. The quantitative estimate of drug-likeness (QED) is 0.873. The molecule has 0 spiro atoms. The highest BCUT2D eigenvalue weighted by atomic mass is 35.5. The number of halogens is 1. The molecule has 0 saturated heterocycles. The van der Waals surface area contributed by atoms with E-state index in [-0.39, 0.29) is 12.5 Å². The molecular formula is C14H18ClNO3. The number of carboxylic acids is 1. The topological polar surface area (TPSA) is 66.4 Å². The first-order valence-electron chi connectivity index (χ1n) is 6.08. The number of benzene rings is 1. The first-order valence-corrected chi connectivity index (χ1v) is 6.46. The number of hydrogen-bond donors (Lipinski definition) is 2. The smallest absolute Gasteiger partial charge is 0.311 e. The molecule has 0 bridgehead atoms. The fraction of sp³-hybridized carbons (Fsp3) is 0.429. The number of aryl methyl sites for hydroxylation is 1. The molecule has 0 fully saturated rings. The molecule has 2 N–H and O–H groups in total. The van der Waals surface area contributed by atoms with Crippen LogP contribution < -0.4 is 5.32 Å². The summed E-state index contributed by atoms with van der Waals surface area (Å²) in [6.07, 6.45) is 0.435. The summed E-state index contributed by atoms with van der Waals surface area (Å²) in [5.74, 6) is -1.28. The molecule has 1 aromatic carbocycles. The van der Waals surface area contributed by atoms with Crippen molar-refractivity contribution in [2.24, 2.45) is 5.41 Å². The lowest BCUT2D eigenvalue weighted by atomic mass is 9.87. The van der Waals surface area contributed by atoms with Crippen molar-refractivity contribution in [2.45, 2.75) is 27.2 Å². The van der Waals surface area contributed by atoms with E-state index in [4.69, 9.17) is 16.7 Å². The van der Waals surface area contributed by atoms with Gasteiger partial charge in [0.2, 0.25) is 0 Å². The van der Waals surface area contributed by atoms with Gasteiger partial charge in [0.1, 0.15) is 0 Å². The first-order chi connectivity index (χ1) is 8.81. The molecule has 19 heavy (non-hydrogen) atoms. The molecule has 0 aliphatic heterocycles. The largest absolute Gasteiger partial charge is 0.481 e. The van der Waals surface area contributed by atoms with Crippen LogP contribution in [0.5, 0.6) is 0 Å². The van der Waals surface area contributed by atoms with Gasteiger partial charge in [0.15, 0.2) is 0 Å². The van der Waals surface area contributed by atoms with Gasteiger partial charge in [-0.25, -0.2) is 0 Å². The number of aliphatic carboxylic acids is 1. The van der Waals surface area contributed by atoms with Gasteiger partial charge >= 0.3 is 5.97 Å².